The van der Waals surface area contributed by atoms with Crippen molar-refractivity contribution < 1.29 is 13.6 Å². The number of hydrogen-bond acceptors (Lipinski definition) is 4. The van der Waals surface area contributed by atoms with Gasteiger partial charge in [-0.2, -0.15) is 0 Å². The van der Waals surface area contributed by atoms with E-state index in [2.05, 4.69) is 31.4 Å². The van der Waals surface area contributed by atoms with Crippen LogP contribution in [-0.4, -0.2) is 16.1 Å². The minimum absolute atomic E-state index is 0.140. The average molecular weight is 390 g/mol. The number of carbonyl (C=O) groups is 1. The number of aryl methyl sites for hydroxylation is 1. The van der Waals surface area contributed by atoms with Gasteiger partial charge in [0.1, 0.15) is 5.82 Å². The number of halogens is 2. The fraction of sp³-hybridized carbons (Fsp3) is 0.118. The van der Waals surface area contributed by atoms with Gasteiger partial charge in [-0.25, -0.2) is 4.39 Å². The number of hydrogen-bond donors (Lipinski definition) is 1. The van der Waals surface area contributed by atoms with Crippen molar-refractivity contribution in [2.24, 2.45) is 0 Å². The molecular formula is C17H13BrFN3O2. The van der Waals surface area contributed by atoms with Crippen molar-refractivity contribution in [1.82, 2.24) is 10.2 Å². The molecule has 0 bridgehead atoms. The molecule has 0 aliphatic heterocycles. The lowest BCUT2D eigenvalue weighted by molar-refractivity contribution is -0.116. The largest absolute Gasteiger partial charge is 0.421 e. The van der Waals surface area contributed by atoms with Crippen LogP contribution in [0.25, 0.3) is 11.5 Å². The summed E-state index contributed by atoms with van der Waals surface area (Å²) in [6.45, 7) is 0. The Kier molecular flexibility index (Phi) is 5.00. The van der Waals surface area contributed by atoms with Crippen molar-refractivity contribution in [3.63, 3.8) is 0 Å². The summed E-state index contributed by atoms with van der Waals surface area (Å²) in [7, 11) is 0. The fourth-order valence-corrected chi connectivity index (χ4v) is 2.31. The first-order valence-corrected chi connectivity index (χ1v) is 8.03. The Balaban J connectivity index is 1.56. The number of nitrogens with one attached hydrogen (secondary N) is 1. The zero-order valence-corrected chi connectivity index (χ0v) is 14.1. The molecule has 0 atom stereocenters. The van der Waals surface area contributed by atoms with Crippen molar-refractivity contribution in [1.29, 1.82) is 0 Å². The van der Waals surface area contributed by atoms with Gasteiger partial charge >= 0.3 is 0 Å². The van der Waals surface area contributed by atoms with Crippen LogP contribution in [0.2, 0.25) is 0 Å². The molecular weight excluding hydrogens is 377 g/mol. The van der Waals surface area contributed by atoms with Gasteiger partial charge in [0.05, 0.1) is 0 Å². The minimum Gasteiger partial charge on any atom is -0.421 e. The van der Waals surface area contributed by atoms with Crippen LogP contribution >= 0.6 is 15.9 Å². The molecule has 0 fully saturated rings. The average Bonchev–Trinajstić information content (AvgIpc) is 3.05. The Hall–Kier alpha value is -2.54. The molecule has 3 aromatic rings. The van der Waals surface area contributed by atoms with Gasteiger partial charge in [0.15, 0.2) is 0 Å². The first kappa shape index (κ1) is 16.3. The highest BCUT2D eigenvalue weighted by atomic mass is 79.9. The first-order chi connectivity index (χ1) is 11.6. The lowest BCUT2D eigenvalue weighted by atomic mass is 10.2. The minimum atomic E-state index is -0.330. The molecule has 1 amide bonds. The number of aromatic nitrogens is 2. The van der Waals surface area contributed by atoms with E-state index < -0.39 is 0 Å². The van der Waals surface area contributed by atoms with Crippen molar-refractivity contribution in [3.05, 3.63) is 64.7 Å². The Morgan fingerprint density at radius 3 is 2.50 bits per heavy atom. The van der Waals surface area contributed by atoms with Crippen molar-refractivity contribution in [2.45, 2.75) is 12.8 Å². The van der Waals surface area contributed by atoms with Gasteiger partial charge < -0.3 is 9.73 Å². The van der Waals surface area contributed by atoms with Gasteiger partial charge in [-0.15, -0.1) is 10.2 Å². The third-order valence-electron chi connectivity index (χ3n) is 3.25. The van der Waals surface area contributed by atoms with Crippen LogP contribution in [0.3, 0.4) is 0 Å². The van der Waals surface area contributed by atoms with E-state index in [1.165, 1.54) is 12.1 Å². The molecule has 0 saturated heterocycles. The molecule has 0 aliphatic rings. The summed E-state index contributed by atoms with van der Waals surface area (Å²) in [5, 5.41) is 10.6. The Labute approximate surface area is 146 Å². The van der Waals surface area contributed by atoms with Crippen LogP contribution < -0.4 is 5.32 Å². The smallest absolute Gasteiger partial charge is 0.247 e. The molecule has 0 aliphatic carbocycles. The van der Waals surface area contributed by atoms with Crippen LogP contribution in [0, 0.1) is 5.82 Å². The molecule has 1 heterocycles. The molecule has 1 N–H and O–H groups in total. The van der Waals surface area contributed by atoms with Crippen LogP contribution in [-0.2, 0) is 11.2 Å². The third-order valence-corrected chi connectivity index (χ3v) is 3.78. The molecule has 0 spiro atoms. The molecule has 5 nitrogen and oxygen atoms in total. The monoisotopic (exact) mass is 389 g/mol. The summed E-state index contributed by atoms with van der Waals surface area (Å²) in [5.74, 6) is 0.195. The quantitative estimate of drug-likeness (QED) is 0.709. The van der Waals surface area contributed by atoms with E-state index in [4.69, 9.17) is 4.42 Å². The van der Waals surface area contributed by atoms with Crippen LogP contribution in [0.5, 0.6) is 0 Å². The number of carbonyl (C=O) groups excluding carboxylic acids is 1. The fourth-order valence-electron chi connectivity index (χ4n) is 2.04. The standard InChI is InChI=1S/C17H13BrFN3O2/c18-12-3-7-14(8-4-12)20-15(23)9-10-16-21-22-17(24-16)11-1-5-13(19)6-2-11/h1-8H,9-10H2,(H,20,23). The number of anilines is 1. The van der Waals surface area contributed by atoms with E-state index in [-0.39, 0.29) is 18.1 Å². The Morgan fingerprint density at radius 1 is 1.08 bits per heavy atom. The molecule has 0 radical (unpaired) electrons. The topological polar surface area (TPSA) is 68.0 Å². The molecule has 24 heavy (non-hydrogen) atoms. The van der Waals surface area contributed by atoms with E-state index in [1.807, 2.05) is 12.1 Å². The number of benzene rings is 2. The third kappa shape index (κ3) is 4.26. The van der Waals surface area contributed by atoms with E-state index in [9.17, 15) is 9.18 Å². The second kappa shape index (κ2) is 7.35. The first-order valence-electron chi connectivity index (χ1n) is 7.24. The predicted octanol–water partition coefficient (Wildman–Crippen LogP) is 4.21. The van der Waals surface area contributed by atoms with Crippen LogP contribution in [0.1, 0.15) is 12.3 Å². The van der Waals surface area contributed by atoms with E-state index in [0.29, 0.717) is 23.8 Å². The van der Waals surface area contributed by atoms with Gasteiger partial charge in [-0.05, 0) is 48.5 Å². The van der Waals surface area contributed by atoms with Crippen molar-refractivity contribution in [3.8, 4) is 11.5 Å². The highest BCUT2D eigenvalue weighted by Crippen LogP contribution is 2.19. The van der Waals surface area contributed by atoms with Crippen LogP contribution in [0.4, 0.5) is 10.1 Å². The molecule has 1 aromatic heterocycles. The molecule has 3 rings (SSSR count). The number of rotatable bonds is 5. The zero-order valence-electron chi connectivity index (χ0n) is 12.5. The summed E-state index contributed by atoms with van der Waals surface area (Å²) in [6, 6.07) is 13.1. The Morgan fingerprint density at radius 2 is 1.79 bits per heavy atom. The molecule has 122 valence electrons. The van der Waals surface area contributed by atoms with E-state index in [1.54, 1.807) is 24.3 Å². The highest BCUT2D eigenvalue weighted by Gasteiger charge is 2.11. The highest BCUT2D eigenvalue weighted by molar-refractivity contribution is 9.10. The van der Waals surface area contributed by atoms with Crippen molar-refractivity contribution >= 4 is 27.5 Å². The maximum atomic E-state index is 12.9. The van der Waals surface area contributed by atoms with Gasteiger partial charge in [0, 0.05) is 28.6 Å². The normalized spacial score (nSPS) is 10.6. The molecule has 0 saturated carbocycles. The van der Waals surface area contributed by atoms with Gasteiger partial charge in [-0.3, -0.25) is 4.79 Å². The lowest BCUT2D eigenvalue weighted by Gasteiger charge is -2.03. The summed E-state index contributed by atoms with van der Waals surface area (Å²) >= 11 is 3.34. The van der Waals surface area contributed by atoms with Gasteiger partial charge in [0.25, 0.3) is 0 Å². The van der Waals surface area contributed by atoms with E-state index in [0.717, 1.165) is 10.2 Å². The molecule has 0 unspecified atom stereocenters. The molecule has 7 heteroatoms. The summed E-state index contributed by atoms with van der Waals surface area (Å²) in [5.41, 5.74) is 1.36. The summed E-state index contributed by atoms with van der Waals surface area (Å²) in [6.07, 6.45) is 0.553. The predicted molar refractivity (Wildman–Crippen MR) is 90.8 cm³/mol. The second-order valence-electron chi connectivity index (χ2n) is 5.06. The zero-order chi connectivity index (χ0) is 16.9. The lowest BCUT2D eigenvalue weighted by Crippen LogP contribution is -2.12. The maximum absolute atomic E-state index is 12.9. The summed E-state index contributed by atoms with van der Waals surface area (Å²) < 4.78 is 19.3. The number of amides is 1. The number of nitrogens with zero attached hydrogens (tertiary/aromatic N) is 2. The summed E-state index contributed by atoms with van der Waals surface area (Å²) in [4.78, 5) is 11.9. The Bertz CT molecular complexity index is 832. The SMILES string of the molecule is O=C(CCc1nnc(-c2ccc(F)cc2)o1)Nc1ccc(Br)cc1. The second-order valence-corrected chi connectivity index (χ2v) is 5.98. The maximum Gasteiger partial charge on any atom is 0.247 e. The van der Waals surface area contributed by atoms with Gasteiger partial charge in [-0.1, -0.05) is 15.9 Å². The molecule has 2 aromatic carbocycles. The van der Waals surface area contributed by atoms with Crippen LogP contribution in [0.15, 0.2) is 57.4 Å². The van der Waals surface area contributed by atoms with Gasteiger partial charge in [0.2, 0.25) is 17.7 Å². The van der Waals surface area contributed by atoms with Crippen molar-refractivity contribution in [2.75, 3.05) is 5.32 Å². The van der Waals surface area contributed by atoms with E-state index >= 15 is 0 Å².